The number of rotatable bonds is 4. The zero-order chi connectivity index (χ0) is 15.5. The van der Waals surface area contributed by atoms with E-state index in [1.54, 1.807) is 12.1 Å². The number of alkyl halides is 3. The first-order valence-corrected chi connectivity index (χ1v) is 7.85. The first-order valence-electron chi connectivity index (χ1n) is 6.80. The third-order valence-electron chi connectivity index (χ3n) is 3.41. The molecule has 0 aliphatic carbocycles. The number of nitrogens with zero attached hydrogens (tertiary/aromatic N) is 1. The van der Waals surface area contributed by atoms with Crippen LogP contribution in [-0.2, 0) is 0 Å². The van der Waals surface area contributed by atoms with Crippen molar-refractivity contribution >= 4 is 11.8 Å². The van der Waals surface area contributed by atoms with Gasteiger partial charge in [-0.1, -0.05) is 19.1 Å². The minimum Gasteiger partial charge on any atom is -0.406 e. The normalized spacial score (nSPS) is 22.0. The number of nitrogens with two attached hydrogens (primary N) is 1. The second-order valence-electron chi connectivity index (χ2n) is 5.05. The fourth-order valence-corrected chi connectivity index (χ4v) is 3.58. The van der Waals surface area contributed by atoms with Gasteiger partial charge in [-0.3, -0.25) is 4.90 Å². The fourth-order valence-electron chi connectivity index (χ4n) is 2.54. The Morgan fingerprint density at radius 1 is 1.48 bits per heavy atom. The number of thioether (sulfide) groups is 1. The number of hydrogen-bond donors (Lipinski definition) is 1. The van der Waals surface area contributed by atoms with E-state index in [-0.39, 0.29) is 11.8 Å². The van der Waals surface area contributed by atoms with Crippen molar-refractivity contribution in [3.05, 3.63) is 29.8 Å². The van der Waals surface area contributed by atoms with Crippen LogP contribution >= 0.6 is 11.8 Å². The van der Waals surface area contributed by atoms with Crippen molar-refractivity contribution in [2.45, 2.75) is 24.6 Å². The highest BCUT2D eigenvalue weighted by atomic mass is 32.2. The zero-order valence-corrected chi connectivity index (χ0v) is 12.6. The highest BCUT2D eigenvalue weighted by molar-refractivity contribution is 7.99. The van der Waals surface area contributed by atoms with Gasteiger partial charge in [0.05, 0.1) is 0 Å². The van der Waals surface area contributed by atoms with E-state index in [1.165, 1.54) is 12.1 Å². The summed E-state index contributed by atoms with van der Waals surface area (Å²) in [7, 11) is 0. The molecule has 1 heterocycles. The molecule has 0 aromatic heterocycles. The molecular formula is C14H19F3N2OS. The molecule has 0 amide bonds. The topological polar surface area (TPSA) is 38.5 Å². The Hall–Kier alpha value is -0.920. The van der Waals surface area contributed by atoms with Crippen LogP contribution in [0.25, 0.3) is 0 Å². The van der Waals surface area contributed by atoms with Crippen molar-refractivity contribution in [2.75, 3.05) is 25.4 Å². The second kappa shape index (κ2) is 6.89. The van der Waals surface area contributed by atoms with Gasteiger partial charge < -0.3 is 10.5 Å². The summed E-state index contributed by atoms with van der Waals surface area (Å²) in [5.41, 5.74) is 6.61. The number of ether oxygens (including phenoxy) is 1. The fraction of sp³-hybridized carbons (Fsp3) is 0.571. The molecule has 2 N–H and O–H groups in total. The van der Waals surface area contributed by atoms with Crippen molar-refractivity contribution in [1.29, 1.82) is 0 Å². The van der Waals surface area contributed by atoms with Crippen LogP contribution in [0.5, 0.6) is 5.75 Å². The van der Waals surface area contributed by atoms with Crippen molar-refractivity contribution < 1.29 is 17.9 Å². The average molecular weight is 320 g/mol. The summed E-state index contributed by atoms with van der Waals surface area (Å²) in [5.74, 6) is 0.814. The predicted octanol–water partition coefficient (Wildman–Crippen LogP) is 3.02. The molecule has 0 saturated carbocycles. The second-order valence-corrected chi connectivity index (χ2v) is 6.59. The average Bonchev–Trinajstić information content (AvgIpc) is 2.38. The Morgan fingerprint density at radius 3 is 2.86 bits per heavy atom. The van der Waals surface area contributed by atoms with Gasteiger partial charge in [0, 0.05) is 36.7 Å². The van der Waals surface area contributed by atoms with Crippen LogP contribution in [0.4, 0.5) is 13.2 Å². The van der Waals surface area contributed by atoms with Gasteiger partial charge in [0.15, 0.2) is 0 Å². The van der Waals surface area contributed by atoms with Crippen LogP contribution in [0.2, 0.25) is 0 Å². The first-order chi connectivity index (χ1) is 9.89. The molecule has 1 aromatic carbocycles. The van der Waals surface area contributed by atoms with Crippen molar-refractivity contribution in [3.63, 3.8) is 0 Å². The summed E-state index contributed by atoms with van der Waals surface area (Å²) in [4.78, 5) is 2.23. The summed E-state index contributed by atoms with van der Waals surface area (Å²) in [6.45, 7) is 4.29. The molecule has 1 fully saturated rings. The SMILES string of the molecule is CC1CN(C(CN)c2cccc(OC(F)(F)F)c2)CCS1. The molecule has 2 atom stereocenters. The van der Waals surface area contributed by atoms with Crippen LogP contribution < -0.4 is 10.5 Å². The zero-order valence-electron chi connectivity index (χ0n) is 11.8. The Morgan fingerprint density at radius 2 is 2.24 bits per heavy atom. The summed E-state index contributed by atoms with van der Waals surface area (Å²) in [5, 5.41) is 0.502. The molecule has 3 nitrogen and oxygen atoms in total. The van der Waals surface area contributed by atoms with E-state index in [0.29, 0.717) is 11.8 Å². The first kappa shape index (κ1) is 16.5. The van der Waals surface area contributed by atoms with E-state index >= 15 is 0 Å². The Bertz CT molecular complexity index is 470. The van der Waals surface area contributed by atoms with Gasteiger partial charge in [-0.25, -0.2) is 0 Å². The van der Waals surface area contributed by atoms with E-state index < -0.39 is 6.36 Å². The Kier molecular flexibility index (Phi) is 5.40. The summed E-state index contributed by atoms with van der Waals surface area (Å²) in [6, 6.07) is 6.02. The Balaban J connectivity index is 2.16. The summed E-state index contributed by atoms with van der Waals surface area (Å²) >= 11 is 1.90. The molecule has 7 heteroatoms. The van der Waals surface area contributed by atoms with E-state index in [1.807, 2.05) is 11.8 Å². The smallest absolute Gasteiger partial charge is 0.406 e. The molecule has 21 heavy (non-hydrogen) atoms. The monoisotopic (exact) mass is 320 g/mol. The number of hydrogen-bond acceptors (Lipinski definition) is 4. The Labute approximate surface area is 126 Å². The van der Waals surface area contributed by atoms with Gasteiger partial charge in [0.25, 0.3) is 0 Å². The molecule has 1 aromatic rings. The number of halogens is 3. The van der Waals surface area contributed by atoms with Crippen LogP contribution in [-0.4, -0.2) is 41.9 Å². The molecular weight excluding hydrogens is 301 g/mol. The van der Waals surface area contributed by atoms with Gasteiger partial charge in [-0.05, 0) is 17.7 Å². The molecule has 0 bridgehead atoms. The van der Waals surface area contributed by atoms with Gasteiger partial charge >= 0.3 is 6.36 Å². The third kappa shape index (κ3) is 4.79. The lowest BCUT2D eigenvalue weighted by Gasteiger charge is -2.36. The van der Waals surface area contributed by atoms with Crippen LogP contribution in [0, 0.1) is 0 Å². The molecule has 1 aliphatic rings. The van der Waals surface area contributed by atoms with Crippen LogP contribution in [0.3, 0.4) is 0 Å². The summed E-state index contributed by atoms with van der Waals surface area (Å²) < 4.78 is 40.9. The molecule has 1 saturated heterocycles. The van der Waals surface area contributed by atoms with Gasteiger partial charge in [0.1, 0.15) is 5.75 Å². The van der Waals surface area contributed by atoms with Gasteiger partial charge in [-0.2, -0.15) is 11.8 Å². The maximum Gasteiger partial charge on any atom is 0.573 e. The minimum atomic E-state index is -4.67. The van der Waals surface area contributed by atoms with E-state index in [2.05, 4.69) is 16.6 Å². The standard InChI is InChI=1S/C14H19F3N2OS/c1-10-9-19(5-6-21-10)13(8-18)11-3-2-4-12(7-11)20-14(15,16)17/h2-4,7,10,13H,5-6,8-9,18H2,1H3. The van der Waals surface area contributed by atoms with Gasteiger partial charge in [0.2, 0.25) is 0 Å². The lowest BCUT2D eigenvalue weighted by Crippen LogP contribution is -2.42. The molecule has 2 unspecified atom stereocenters. The highest BCUT2D eigenvalue weighted by Gasteiger charge is 2.31. The highest BCUT2D eigenvalue weighted by Crippen LogP contribution is 2.30. The van der Waals surface area contributed by atoms with Crippen molar-refractivity contribution in [1.82, 2.24) is 4.90 Å². The predicted molar refractivity (Wildman–Crippen MR) is 78.4 cm³/mol. The van der Waals surface area contributed by atoms with E-state index in [4.69, 9.17) is 5.73 Å². The van der Waals surface area contributed by atoms with E-state index in [9.17, 15) is 13.2 Å². The lowest BCUT2D eigenvalue weighted by atomic mass is 10.0. The third-order valence-corrected chi connectivity index (χ3v) is 4.55. The maximum atomic E-state index is 12.3. The molecule has 1 aliphatic heterocycles. The van der Waals surface area contributed by atoms with Crippen molar-refractivity contribution in [2.24, 2.45) is 5.73 Å². The molecule has 118 valence electrons. The molecule has 0 spiro atoms. The minimum absolute atomic E-state index is 0.0786. The summed E-state index contributed by atoms with van der Waals surface area (Å²) in [6.07, 6.45) is -4.67. The van der Waals surface area contributed by atoms with E-state index in [0.717, 1.165) is 24.4 Å². The van der Waals surface area contributed by atoms with Crippen LogP contribution in [0.15, 0.2) is 24.3 Å². The quantitative estimate of drug-likeness (QED) is 0.925. The maximum absolute atomic E-state index is 12.3. The largest absolute Gasteiger partial charge is 0.573 e. The van der Waals surface area contributed by atoms with Crippen molar-refractivity contribution in [3.8, 4) is 5.75 Å². The number of benzene rings is 1. The lowest BCUT2D eigenvalue weighted by molar-refractivity contribution is -0.274. The van der Waals surface area contributed by atoms with Gasteiger partial charge in [-0.15, -0.1) is 13.2 Å². The molecule has 0 radical (unpaired) electrons. The van der Waals surface area contributed by atoms with Crippen LogP contribution in [0.1, 0.15) is 18.5 Å². The molecule has 2 rings (SSSR count).